The highest BCUT2D eigenvalue weighted by atomic mass is 16.5. The number of fused-ring (bicyclic) bond motifs is 2. The number of carbonyl (C=O) groups excluding carboxylic acids is 2. The Kier molecular flexibility index (Phi) is 5.93. The zero-order chi connectivity index (χ0) is 22.8. The van der Waals surface area contributed by atoms with Crippen molar-refractivity contribution in [2.45, 2.75) is 25.4 Å². The van der Waals surface area contributed by atoms with Gasteiger partial charge < -0.3 is 14.4 Å². The van der Waals surface area contributed by atoms with E-state index in [1.165, 1.54) is 0 Å². The van der Waals surface area contributed by atoms with E-state index in [0.717, 1.165) is 22.0 Å². The van der Waals surface area contributed by atoms with Gasteiger partial charge in [-0.3, -0.25) is 19.8 Å². The average Bonchev–Trinajstić information content (AvgIpc) is 3.07. The van der Waals surface area contributed by atoms with Crippen molar-refractivity contribution in [1.82, 2.24) is 15.4 Å². The van der Waals surface area contributed by atoms with E-state index in [0.29, 0.717) is 38.3 Å². The summed E-state index contributed by atoms with van der Waals surface area (Å²) in [6, 6.07) is 14.5. The fraction of sp³-hybridized carbons (Fsp3) is 0.320. The molecule has 0 bridgehead atoms. The molecule has 2 aliphatic heterocycles. The first-order valence-corrected chi connectivity index (χ1v) is 11.1. The molecule has 1 fully saturated rings. The Hall–Kier alpha value is -3.49. The third kappa shape index (κ3) is 4.15. The van der Waals surface area contributed by atoms with Gasteiger partial charge in [-0.2, -0.15) is 0 Å². The molecule has 8 heteroatoms. The smallest absolute Gasteiger partial charge is 0.274 e. The summed E-state index contributed by atoms with van der Waals surface area (Å²) >= 11 is 0. The maximum atomic E-state index is 13.8. The van der Waals surface area contributed by atoms with Gasteiger partial charge in [0.2, 0.25) is 5.91 Å². The summed E-state index contributed by atoms with van der Waals surface area (Å²) in [6.45, 7) is 1.76. The lowest BCUT2D eigenvalue weighted by Crippen LogP contribution is -2.41. The Labute approximate surface area is 191 Å². The minimum Gasteiger partial charge on any atom is -0.491 e. The van der Waals surface area contributed by atoms with Crippen molar-refractivity contribution in [3.63, 3.8) is 0 Å². The van der Waals surface area contributed by atoms with Crippen LogP contribution in [0.4, 0.5) is 0 Å². The molecule has 0 saturated carbocycles. The topological polar surface area (TPSA) is 101 Å². The van der Waals surface area contributed by atoms with Gasteiger partial charge in [0.25, 0.3) is 5.91 Å². The maximum Gasteiger partial charge on any atom is 0.274 e. The van der Waals surface area contributed by atoms with Crippen molar-refractivity contribution < 1.29 is 24.3 Å². The fourth-order valence-corrected chi connectivity index (χ4v) is 4.66. The SMILES string of the molecule is O=C(NO)c1ccc2c(c1)OC[C@H](c1cccc3ncccc13)N(C(=O)C1CCOCC1)C2. The molecule has 2 amide bonds. The summed E-state index contributed by atoms with van der Waals surface area (Å²) in [7, 11) is 0. The number of hydroxylamine groups is 1. The van der Waals surface area contributed by atoms with E-state index < -0.39 is 5.91 Å². The van der Waals surface area contributed by atoms with Crippen LogP contribution in [0.3, 0.4) is 0 Å². The normalized spacial score (nSPS) is 18.8. The monoisotopic (exact) mass is 447 g/mol. The van der Waals surface area contributed by atoms with Crippen LogP contribution in [0.1, 0.15) is 40.4 Å². The van der Waals surface area contributed by atoms with Crippen LogP contribution < -0.4 is 10.2 Å². The van der Waals surface area contributed by atoms with Gasteiger partial charge in [-0.15, -0.1) is 0 Å². The quantitative estimate of drug-likeness (QED) is 0.472. The Balaban J connectivity index is 1.57. The first-order valence-electron chi connectivity index (χ1n) is 11.1. The summed E-state index contributed by atoms with van der Waals surface area (Å²) in [5.41, 5.74) is 4.58. The number of pyridine rings is 1. The predicted molar refractivity (Wildman–Crippen MR) is 120 cm³/mol. The highest BCUT2D eigenvalue weighted by Crippen LogP contribution is 2.36. The summed E-state index contributed by atoms with van der Waals surface area (Å²) in [5, 5.41) is 9.97. The molecule has 1 atom stereocenters. The van der Waals surface area contributed by atoms with E-state index in [1.807, 2.05) is 35.2 Å². The number of carbonyl (C=O) groups is 2. The molecule has 0 spiro atoms. The molecule has 8 nitrogen and oxygen atoms in total. The van der Waals surface area contributed by atoms with E-state index in [1.54, 1.807) is 29.9 Å². The van der Waals surface area contributed by atoms with Crippen LogP contribution in [0, 0.1) is 5.92 Å². The second kappa shape index (κ2) is 9.17. The van der Waals surface area contributed by atoms with Crippen LogP contribution in [0.25, 0.3) is 10.9 Å². The van der Waals surface area contributed by atoms with Crippen molar-refractivity contribution in [2.75, 3.05) is 19.8 Å². The van der Waals surface area contributed by atoms with Gasteiger partial charge in [0.15, 0.2) is 0 Å². The van der Waals surface area contributed by atoms with E-state index in [4.69, 9.17) is 14.7 Å². The van der Waals surface area contributed by atoms with Gasteiger partial charge in [0.05, 0.1) is 18.1 Å². The van der Waals surface area contributed by atoms with Crippen LogP contribution in [-0.4, -0.2) is 46.7 Å². The zero-order valence-corrected chi connectivity index (χ0v) is 18.1. The molecule has 170 valence electrons. The van der Waals surface area contributed by atoms with Crippen molar-refractivity contribution in [3.05, 3.63) is 71.4 Å². The van der Waals surface area contributed by atoms with E-state index in [9.17, 15) is 9.59 Å². The molecular formula is C25H25N3O5. The van der Waals surface area contributed by atoms with Crippen molar-refractivity contribution in [3.8, 4) is 5.75 Å². The van der Waals surface area contributed by atoms with Gasteiger partial charge in [-0.25, -0.2) is 5.48 Å². The molecule has 3 aromatic rings. The molecule has 1 saturated heterocycles. The Morgan fingerprint density at radius 2 is 1.94 bits per heavy atom. The number of rotatable bonds is 3. The number of amides is 2. The number of hydrogen-bond donors (Lipinski definition) is 2. The predicted octanol–water partition coefficient (Wildman–Crippen LogP) is 3.24. The Morgan fingerprint density at radius 3 is 2.76 bits per heavy atom. The summed E-state index contributed by atoms with van der Waals surface area (Å²) in [6.07, 6.45) is 3.15. The van der Waals surface area contributed by atoms with Crippen LogP contribution in [0.15, 0.2) is 54.7 Å². The number of aromatic nitrogens is 1. The van der Waals surface area contributed by atoms with E-state index >= 15 is 0 Å². The Bertz CT molecular complexity index is 1190. The molecule has 33 heavy (non-hydrogen) atoms. The molecule has 2 aromatic carbocycles. The highest BCUT2D eigenvalue weighted by molar-refractivity contribution is 5.94. The number of nitrogens with zero attached hydrogens (tertiary/aromatic N) is 2. The van der Waals surface area contributed by atoms with Crippen molar-refractivity contribution >= 4 is 22.7 Å². The van der Waals surface area contributed by atoms with Gasteiger partial charge >= 0.3 is 0 Å². The number of hydrogen-bond acceptors (Lipinski definition) is 6. The van der Waals surface area contributed by atoms with Crippen LogP contribution in [-0.2, 0) is 16.1 Å². The lowest BCUT2D eigenvalue weighted by molar-refractivity contribution is -0.142. The molecule has 0 radical (unpaired) electrons. The van der Waals surface area contributed by atoms with Gasteiger partial charge in [-0.05, 0) is 42.7 Å². The first kappa shape index (κ1) is 21.4. The molecule has 1 aromatic heterocycles. The summed E-state index contributed by atoms with van der Waals surface area (Å²) in [5.74, 6) is -0.104. The molecule has 3 heterocycles. The van der Waals surface area contributed by atoms with Gasteiger partial charge in [-0.1, -0.05) is 24.3 Å². The molecular weight excluding hydrogens is 422 g/mol. The van der Waals surface area contributed by atoms with E-state index in [-0.39, 0.29) is 30.0 Å². The second-order valence-electron chi connectivity index (χ2n) is 8.36. The molecule has 2 N–H and O–H groups in total. The lowest BCUT2D eigenvalue weighted by Gasteiger charge is -2.34. The number of ether oxygens (including phenoxy) is 2. The van der Waals surface area contributed by atoms with Crippen LogP contribution >= 0.6 is 0 Å². The van der Waals surface area contributed by atoms with E-state index in [2.05, 4.69) is 4.98 Å². The largest absolute Gasteiger partial charge is 0.491 e. The highest BCUT2D eigenvalue weighted by Gasteiger charge is 2.35. The zero-order valence-electron chi connectivity index (χ0n) is 18.1. The minimum absolute atomic E-state index is 0.0813. The van der Waals surface area contributed by atoms with Gasteiger partial charge in [0, 0.05) is 41.8 Å². The summed E-state index contributed by atoms with van der Waals surface area (Å²) in [4.78, 5) is 32.0. The lowest BCUT2D eigenvalue weighted by atomic mass is 9.94. The molecule has 2 aliphatic rings. The first-order chi connectivity index (χ1) is 16.2. The Morgan fingerprint density at radius 1 is 1.09 bits per heavy atom. The third-order valence-electron chi connectivity index (χ3n) is 6.44. The van der Waals surface area contributed by atoms with Crippen LogP contribution in [0.5, 0.6) is 5.75 Å². The molecule has 5 rings (SSSR count). The number of nitrogens with one attached hydrogen (secondary N) is 1. The average molecular weight is 447 g/mol. The van der Waals surface area contributed by atoms with Crippen molar-refractivity contribution in [2.24, 2.45) is 5.92 Å². The fourth-order valence-electron chi connectivity index (χ4n) is 4.66. The molecule has 0 unspecified atom stereocenters. The standard InChI is InChI=1S/C25H25N3O5/c29-24(27-31)17-6-7-18-14-28(25(30)16-8-11-32-12-9-16)22(15-33-23(18)13-17)20-3-1-5-21-19(20)4-2-10-26-21/h1-7,10,13,16,22,31H,8-9,11-12,14-15H2,(H,27,29)/t22-/m1/s1. The van der Waals surface area contributed by atoms with Crippen molar-refractivity contribution in [1.29, 1.82) is 0 Å². The minimum atomic E-state index is -0.613. The summed E-state index contributed by atoms with van der Waals surface area (Å²) < 4.78 is 11.6. The third-order valence-corrected chi connectivity index (χ3v) is 6.44. The second-order valence-corrected chi connectivity index (χ2v) is 8.36. The maximum absolute atomic E-state index is 13.8. The van der Waals surface area contributed by atoms with Gasteiger partial charge in [0.1, 0.15) is 12.4 Å². The van der Waals surface area contributed by atoms with Crippen LogP contribution in [0.2, 0.25) is 0 Å². The number of benzene rings is 2. The molecule has 0 aliphatic carbocycles.